The van der Waals surface area contributed by atoms with Crippen molar-refractivity contribution in [2.45, 2.75) is 38.8 Å². The lowest BCUT2D eigenvalue weighted by molar-refractivity contribution is 0.696. The van der Waals surface area contributed by atoms with Crippen LogP contribution in [0.4, 0.5) is 11.4 Å². The summed E-state index contributed by atoms with van der Waals surface area (Å²) < 4.78 is 0. The van der Waals surface area contributed by atoms with Gasteiger partial charge in [0.25, 0.3) is 0 Å². The highest BCUT2D eigenvalue weighted by Crippen LogP contribution is 2.41. The molecule has 2 aromatic heterocycles. The number of nitrogens with zero attached hydrogens (tertiary/aromatic N) is 6. The van der Waals surface area contributed by atoms with Gasteiger partial charge in [0.15, 0.2) is 0 Å². The van der Waals surface area contributed by atoms with Crippen LogP contribution in [0.15, 0.2) is 180 Å². The van der Waals surface area contributed by atoms with Gasteiger partial charge in [0.2, 0.25) is 0 Å². The molecule has 11 rings (SSSR count). The van der Waals surface area contributed by atoms with Crippen LogP contribution in [0.25, 0.3) is 44.8 Å². The number of hydrogen-bond acceptors (Lipinski definition) is 6. The first-order valence-electron chi connectivity index (χ1n) is 20.6. The van der Waals surface area contributed by atoms with Gasteiger partial charge >= 0.3 is 0 Å². The number of benzene rings is 7. The first-order chi connectivity index (χ1) is 29.5. The second-order valence-corrected chi connectivity index (χ2v) is 15.9. The van der Waals surface area contributed by atoms with Gasteiger partial charge in [-0.2, -0.15) is 10.2 Å². The summed E-state index contributed by atoms with van der Waals surface area (Å²) in [6.07, 6.45) is 1.59. The van der Waals surface area contributed by atoms with Crippen LogP contribution in [0.1, 0.15) is 58.3 Å². The maximum atomic E-state index is 5.29. The number of rotatable bonds is 8. The Hall–Kier alpha value is -7.58. The molecule has 290 valence electrons. The van der Waals surface area contributed by atoms with E-state index in [9.17, 15) is 0 Å². The summed E-state index contributed by atoms with van der Waals surface area (Å²) in [5, 5.41) is 15.0. The van der Waals surface area contributed by atoms with Gasteiger partial charge in [0, 0.05) is 24.0 Å². The summed E-state index contributed by atoms with van der Waals surface area (Å²) in [6.45, 7) is 4.25. The van der Waals surface area contributed by atoms with Gasteiger partial charge in [-0.05, 0) is 109 Å². The second-order valence-electron chi connectivity index (χ2n) is 15.9. The zero-order chi connectivity index (χ0) is 40.2. The molecule has 9 aromatic rings. The summed E-state index contributed by atoms with van der Waals surface area (Å²) >= 11 is 0. The minimum absolute atomic E-state index is 0.0252. The third-order valence-corrected chi connectivity index (χ3v) is 11.9. The number of fused-ring (bicyclic) bond motifs is 2. The number of hydrazone groups is 2. The maximum absolute atomic E-state index is 5.29. The molecule has 2 atom stereocenters. The zero-order valence-corrected chi connectivity index (χ0v) is 33.4. The van der Waals surface area contributed by atoms with E-state index in [1.54, 1.807) is 0 Å². The Morgan fingerprint density at radius 3 is 1.17 bits per heavy atom. The summed E-state index contributed by atoms with van der Waals surface area (Å²) in [6, 6.07) is 60.1. The van der Waals surface area contributed by atoms with E-state index in [1.165, 1.54) is 22.3 Å². The molecular weight excluding hydrogens is 737 g/mol. The Bertz CT molecular complexity index is 2770. The number of aromatic amines is 2. The van der Waals surface area contributed by atoms with Crippen LogP contribution >= 0.6 is 0 Å². The number of hydrogen-bond donors (Lipinski definition) is 2. The average molecular weight is 779 g/mol. The zero-order valence-electron chi connectivity index (χ0n) is 33.4. The number of H-pyrrole nitrogens is 2. The van der Waals surface area contributed by atoms with Crippen LogP contribution in [-0.2, 0) is 0 Å². The first-order valence-corrected chi connectivity index (χ1v) is 20.6. The van der Waals surface area contributed by atoms with Crippen LogP contribution in [-0.4, -0.2) is 31.4 Å². The van der Waals surface area contributed by atoms with Crippen LogP contribution in [0.2, 0.25) is 0 Å². The highest BCUT2D eigenvalue weighted by Gasteiger charge is 2.33. The highest BCUT2D eigenvalue weighted by molar-refractivity contribution is 6.04. The summed E-state index contributed by atoms with van der Waals surface area (Å²) in [5.41, 5.74) is 17.5. The average Bonchev–Trinajstić information content (AvgIpc) is 4.12. The summed E-state index contributed by atoms with van der Waals surface area (Å²) in [7, 11) is 0. The Kier molecular flexibility index (Phi) is 8.69. The minimum Gasteiger partial charge on any atom is -0.338 e. The van der Waals surface area contributed by atoms with E-state index < -0.39 is 0 Å². The summed E-state index contributed by atoms with van der Waals surface area (Å²) in [4.78, 5) is 16.6. The Balaban J connectivity index is 0.904. The third-order valence-electron chi connectivity index (χ3n) is 11.9. The van der Waals surface area contributed by atoms with E-state index in [4.69, 9.17) is 20.2 Å². The molecule has 2 aliphatic heterocycles. The van der Waals surface area contributed by atoms with E-state index >= 15 is 0 Å². The van der Waals surface area contributed by atoms with Crippen molar-refractivity contribution in [3.05, 3.63) is 203 Å². The van der Waals surface area contributed by atoms with E-state index in [0.717, 1.165) is 91.6 Å². The molecule has 2 N–H and O–H groups in total. The molecule has 0 bridgehead atoms. The summed E-state index contributed by atoms with van der Waals surface area (Å²) in [5.74, 6) is 1.72. The Morgan fingerprint density at radius 2 is 0.783 bits per heavy atom. The van der Waals surface area contributed by atoms with Gasteiger partial charge in [-0.1, -0.05) is 108 Å². The quantitative estimate of drug-likeness (QED) is 0.161. The van der Waals surface area contributed by atoms with Gasteiger partial charge in [0.1, 0.15) is 11.6 Å². The molecule has 8 nitrogen and oxygen atoms in total. The van der Waals surface area contributed by atoms with Gasteiger partial charge in [-0.15, -0.1) is 0 Å². The number of nitrogens with one attached hydrogen (secondary N) is 2. The number of anilines is 2. The molecule has 7 aromatic carbocycles. The molecule has 0 fully saturated rings. The lowest BCUT2D eigenvalue weighted by Gasteiger charge is -2.26. The Morgan fingerprint density at radius 1 is 0.417 bits per heavy atom. The molecule has 0 spiro atoms. The number of aryl methyl sites for hydroxylation is 2. The molecule has 2 aliphatic rings. The van der Waals surface area contributed by atoms with Crippen LogP contribution in [0, 0.1) is 13.8 Å². The normalized spacial score (nSPS) is 16.5. The van der Waals surface area contributed by atoms with Gasteiger partial charge in [-0.3, -0.25) is 10.0 Å². The van der Waals surface area contributed by atoms with Gasteiger partial charge < -0.3 is 9.97 Å². The molecule has 0 aliphatic carbocycles. The fourth-order valence-corrected chi connectivity index (χ4v) is 8.52. The molecule has 0 amide bonds. The Labute approximate surface area is 348 Å². The molecule has 0 saturated carbocycles. The van der Waals surface area contributed by atoms with Crippen molar-refractivity contribution in [1.82, 2.24) is 19.9 Å². The van der Waals surface area contributed by atoms with Crippen molar-refractivity contribution < 1.29 is 0 Å². The largest absolute Gasteiger partial charge is 0.338 e. The number of aromatic nitrogens is 4. The predicted molar refractivity (Wildman–Crippen MR) is 245 cm³/mol. The lowest BCUT2D eigenvalue weighted by atomic mass is 9.94. The fourth-order valence-electron chi connectivity index (χ4n) is 8.52. The smallest absolute Gasteiger partial charge is 0.138 e. The fraction of sp³-hybridized carbons (Fsp3) is 0.115. The monoisotopic (exact) mass is 778 g/mol. The highest BCUT2D eigenvalue weighted by atomic mass is 15.5. The molecule has 0 radical (unpaired) electrons. The predicted octanol–water partition coefficient (Wildman–Crippen LogP) is 12.1. The topological polar surface area (TPSA) is 88.6 Å². The van der Waals surface area contributed by atoms with Crippen molar-refractivity contribution >= 4 is 44.9 Å². The SMILES string of the molecule is Cc1ccc(C2=NN(c3ccc(-c4nc5ccccc5[nH]4)cc3)C(c3ccc(C4CC(c5ccc(C)cc5)=NN4c4ccc(-c5nc6ccccc6[nH]5)cc4)cc3)C2)cc1. The molecule has 0 saturated heterocycles. The van der Waals surface area contributed by atoms with Gasteiger partial charge in [0.05, 0.1) is 56.9 Å². The molecule has 2 unspecified atom stereocenters. The van der Waals surface area contributed by atoms with Crippen LogP contribution in [0.5, 0.6) is 0 Å². The number of imidazole rings is 2. The number of para-hydroxylation sites is 4. The standard InChI is InChI=1S/C52H42N8/c1-33-11-15-35(16-12-33)47-31-49(59(57-47)41-27-23-39(24-28-41)51-53-43-7-3-4-8-44(43)54-51)37-19-21-38(22-20-37)50-32-48(36-17-13-34(2)14-18-36)58-60(50)42-29-25-40(26-30-42)52-55-45-9-5-6-10-46(45)56-52/h3-30,49-50H,31-32H2,1-2H3,(H,53,54)(H,55,56). The van der Waals surface area contributed by atoms with Gasteiger partial charge in [-0.25, -0.2) is 9.97 Å². The lowest BCUT2D eigenvalue weighted by Crippen LogP contribution is -2.20. The van der Waals surface area contributed by atoms with Crippen molar-refractivity contribution in [3.63, 3.8) is 0 Å². The van der Waals surface area contributed by atoms with E-state index in [0.29, 0.717) is 0 Å². The first kappa shape index (κ1) is 35.6. The maximum Gasteiger partial charge on any atom is 0.138 e. The molecule has 4 heterocycles. The van der Waals surface area contributed by atoms with E-state index in [2.05, 4.69) is 167 Å². The third kappa shape index (κ3) is 6.62. The second kappa shape index (κ2) is 14.7. The van der Waals surface area contributed by atoms with Crippen molar-refractivity contribution in [3.8, 4) is 22.8 Å². The van der Waals surface area contributed by atoms with Crippen LogP contribution < -0.4 is 10.0 Å². The van der Waals surface area contributed by atoms with Crippen molar-refractivity contribution in [1.29, 1.82) is 0 Å². The van der Waals surface area contributed by atoms with Crippen LogP contribution in [0.3, 0.4) is 0 Å². The van der Waals surface area contributed by atoms with Crippen molar-refractivity contribution in [2.24, 2.45) is 10.2 Å². The molecule has 60 heavy (non-hydrogen) atoms. The van der Waals surface area contributed by atoms with E-state index in [-0.39, 0.29) is 12.1 Å². The minimum atomic E-state index is 0.0252. The van der Waals surface area contributed by atoms with Crippen molar-refractivity contribution in [2.75, 3.05) is 10.0 Å². The van der Waals surface area contributed by atoms with E-state index in [1.807, 2.05) is 36.4 Å². The molecule has 8 heteroatoms. The molecular formula is C52H42N8.